The number of halogens is 4. The van der Waals surface area contributed by atoms with E-state index in [0.29, 0.717) is 18.7 Å². The van der Waals surface area contributed by atoms with Gasteiger partial charge in [0.1, 0.15) is 0 Å². The zero-order valence-electron chi connectivity index (χ0n) is 9.87. The summed E-state index contributed by atoms with van der Waals surface area (Å²) in [5.41, 5.74) is -0.712. The largest absolute Gasteiger partial charge is 0.416 e. The predicted octanol–water partition coefficient (Wildman–Crippen LogP) is 3.47. The van der Waals surface area contributed by atoms with E-state index in [2.05, 4.69) is 4.72 Å². The van der Waals surface area contributed by atoms with Gasteiger partial charge in [-0.15, -0.1) is 11.6 Å². The Balaban J connectivity index is 2.67. The van der Waals surface area contributed by atoms with Crippen LogP contribution in [0, 0.1) is 0 Å². The van der Waals surface area contributed by atoms with E-state index in [9.17, 15) is 21.6 Å². The fourth-order valence-corrected chi connectivity index (χ4v) is 2.71. The molecule has 0 bridgehead atoms. The van der Waals surface area contributed by atoms with Gasteiger partial charge in [0.05, 0.1) is 11.3 Å². The molecule has 0 aliphatic heterocycles. The number of hydrogen-bond donors (Lipinski definition) is 1. The second-order valence-electron chi connectivity index (χ2n) is 3.89. The monoisotopic (exact) mass is 315 g/mol. The van der Waals surface area contributed by atoms with Crippen LogP contribution in [-0.2, 0) is 16.2 Å². The van der Waals surface area contributed by atoms with Crippen molar-refractivity contribution in [3.63, 3.8) is 0 Å². The van der Waals surface area contributed by atoms with Gasteiger partial charge >= 0.3 is 6.18 Å². The van der Waals surface area contributed by atoms with Crippen molar-refractivity contribution in [2.24, 2.45) is 0 Å². The number of benzene rings is 1. The van der Waals surface area contributed by atoms with Crippen molar-refractivity contribution in [2.75, 3.05) is 16.4 Å². The van der Waals surface area contributed by atoms with Gasteiger partial charge in [-0.25, -0.2) is 8.42 Å². The molecular weight excluding hydrogens is 303 g/mol. The number of alkyl halides is 4. The molecule has 0 spiro atoms. The highest BCUT2D eigenvalue weighted by atomic mass is 35.5. The van der Waals surface area contributed by atoms with Crippen LogP contribution in [0.3, 0.4) is 0 Å². The standard InChI is InChI=1S/C11H13ClF3NO2S/c12-7-1-2-8-19(17,18)16-10-5-3-9(4-6-10)11(13,14)15/h3-6,16H,1-2,7-8H2. The van der Waals surface area contributed by atoms with Crippen LogP contribution in [0.15, 0.2) is 24.3 Å². The summed E-state index contributed by atoms with van der Waals surface area (Å²) in [6.45, 7) is 0. The minimum atomic E-state index is -4.43. The Morgan fingerprint density at radius 1 is 1.11 bits per heavy atom. The van der Waals surface area contributed by atoms with E-state index in [1.54, 1.807) is 0 Å². The zero-order chi connectivity index (χ0) is 14.5. The first-order valence-corrected chi connectivity index (χ1v) is 7.67. The smallest absolute Gasteiger partial charge is 0.284 e. The molecule has 1 aromatic carbocycles. The lowest BCUT2D eigenvalue weighted by molar-refractivity contribution is -0.137. The first-order chi connectivity index (χ1) is 8.74. The molecule has 1 rings (SSSR count). The SMILES string of the molecule is O=S(=O)(CCCCCl)Nc1ccc(C(F)(F)F)cc1. The van der Waals surface area contributed by atoms with E-state index in [4.69, 9.17) is 11.6 Å². The second kappa shape index (κ2) is 6.47. The summed E-state index contributed by atoms with van der Waals surface area (Å²) in [4.78, 5) is 0. The van der Waals surface area contributed by atoms with Gasteiger partial charge in [0.25, 0.3) is 0 Å². The van der Waals surface area contributed by atoms with Crippen molar-refractivity contribution in [3.05, 3.63) is 29.8 Å². The molecule has 108 valence electrons. The lowest BCUT2D eigenvalue weighted by Gasteiger charge is -2.10. The number of rotatable bonds is 6. The normalized spacial score (nSPS) is 12.4. The Morgan fingerprint density at radius 2 is 1.68 bits per heavy atom. The Morgan fingerprint density at radius 3 is 2.16 bits per heavy atom. The zero-order valence-corrected chi connectivity index (χ0v) is 11.4. The van der Waals surface area contributed by atoms with Gasteiger partial charge in [0.2, 0.25) is 10.0 Å². The molecule has 19 heavy (non-hydrogen) atoms. The van der Waals surface area contributed by atoms with Crippen LogP contribution in [0.2, 0.25) is 0 Å². The molecular formula is C11H13ClF3NO2S. The number of sulfonamides is 1. The number of nitrogens with one attached hydrogen (secondary N) is 1. The van der Waals surface area contributed by atoms with Crippen molar-refractivity contribution in [1.82, 2.24) is 0 Å². The summed E-state index contributed by atoms with van der Waals surface area (Å²) in [5.74, 6) is 0.260. The predicted molar refractivity (Wildman–Crippen MR) is 68.8 cm³/mol. The fourth-order valence-electron chi connectivity index (χ4n) is 1.34. The number of unbranched alkanes of at least 4 members (excludes halogenated alkanes) is 1. The summed E-state index contributed by atoms with van der Waals surface area (Å²) < 4.78 is 62.3. The quantitative estimate of drug-likeness (QED) is 0.645. The van der Waals surface area contributed by atoms with Crippen LogP contribution in [0.5, 0.6) is 0 Å². The second-order valence-corrected chi connectivity index (χ2v) is 6.11. The highest BCUT2D eigenvalue weighted by Gasteiger charge is 2.30. The third-order valence-electron chi connectivity index (χ3n) is 2.28. The van der Waals surface area contributed by atoms with Gasteiger partial charge in [-0.1, -0.05) is 0 Å². The lowest BCUT2D eigenvalue weighted by Crippen LogP contribution is -2.17. The van der Waals surface area contributed by atoms with Gasteiger partial charge in [0.15, 0.2) is 0 Å². The number of anilines is 1. The summed E-state index contributed by atoms with van der Waals surface area (Å²) in [5, 5.41) is 0. The van der Waals surface area contributed by atoms with E-state index < -0.39 is 21.8 Å². The Labute approximate surface area is 114 Å². The van der Waals surface area contributed by atoms with Crippen molar-refractivity contribution >= 4 is 27.3 Å². The highest BCUT2D eigenvalue weighted by molar-refractivity contribution is 7.92. The van der Waals surface area contributed by atoms with Crippen molar-refractivity contribution in [1.29, 1.82) is 0 Å². The first kappa shape index (κ1) is 16.1. The molecule has 0 fully saturated rings. The molecule has 1 N–H and O–H groups in total. The van der Waals surface area contributed by atoms with E-state index >= 15 is 0 Å². The first-order valence-electron chi connectivity index (χ1n) is 5.48. The third-order valence-corrected chi connectivity index (χ3v) is 3.92. The van der Waals surface area contributed by atoms with E-state index in [1.807, 2.05) is 0 Å². The molecule has 8 heteroatoms. The minimum Gasteiger partial charge on any atom is -0.284 e. The molecule has 3 nitrogen and oxygen atoms in total. The highest BCUT2D eigenvalue weighted by Crippen LogP contribution is 2.29. The molecule has 0 aliphatic rings. The Bertz CT molecular complexity index is 500. The molecule has 0 saturated carbocycles. The minimum absolute atomic E-state index is 0.110. The van der Waals surface area contributed by atoms with Crippen LogP contribution < -0.4 is 4.72 Å². The van der Waals surface area contributed by atoms with Gasteiger partial charge in [-0.2, -0.15) is 13.2 Å². The lowest BCUT2D eigenvalue weighted by atomic mass is 10.2. The van der Waals surface area contributed by atoms with E-state index in [1.165, 1.54) is 0 Å². The Kier molecular flexibility index (Phi) is 5.49. The van der Waals surface area contributed by atoms with Crippen molar-refractivity contribution in [3.8, 4) is 0 Å². The number of hydrogen-bond acceptors (Lipinski definition) is 2. The fraction of sp³-hybridized carbons (Fsp3) is 0.455. The van der Waals surface area contributed by atoms with E-state index in [-0.39, 0.29) is 11.4 Å². The molecule has 1 aromatic rings. The third kappa shape index (κ3) is 5.69. The molecule has 0 aromatic heterocycles. The van der Waals surface area contributed by atoms with Crippen LogP contribution >= 0.6 is 11.6 Å². The van der Waals surface area contributed by atoms with Gasteiger partial charge < -0.3 is 0 Å². The summed E-state index contributed by atoms with van der Waals surface area (Å²) in [6.07, 6.45) is -3.47. The van der Waals surface area contributed by atoms with Gasteiger partial charge in [-0.3, -0.25) is 4.72 Å². The van der Waals surface area contributed by atoms with Gasteiger partial charge in [0, 0.05) is 11.6 Å². The molecule has 0 saturated heterocycles. The molecule has 0 amide bonds. The van der Waals surface area contributed by atoms with Crippen molar-refractivity contribution < 1.29 is 21.6 Å². The summed E-state index contributed by atoms with van der Waals surface area (Å²) in [7, 11) is -3.55. The average Bonchev–Trinajstić information content (AvgIpc) is 2.28. The maximum atomic E-state index is 12.3. The maximum absolute atomic E-state index is 12.3. The van der Waals surface area contributed by atoms with Crippen LogP contribution in [0.1, 0.15) is 18.4 Å². The van der Waals surface area contributed by atoms with Crippen molar-refractivity contribution in [2.45, 2.75) is 19.0 Å². The summed E-state index contributed by atoms with van der Waals surface area (Å²) >= 11 is 5.43. The molecule has 0 heterocycles. The Hall–Kier alpha value is -0.950. The topological polar surface area (TPSA) is 46.2 Å². The van der Waals surface area contributed by atoms with Crippen LogP contribution in [0.25, 0.3) is 0 Å². The molecule has 0 unspecified atom stereocenters. The van der Waals surface area contributed by atoms with Gasteiger partial charge in [-0.05, 0) is 37.1 Å². The summed E-state index contributed by atoms with van der Waals surface area (Å²) in [6, 6.07) is 3.83. The molecule has 0 aliphatic carbocycles. The molecule has 0 radical (unpaired) electrons. The maximum Gasteiger partial charge on any atom is 0.416 e. The van der Waals surface area contributed by atoms with Crippen LogP contribution in [-0.4, -0.2) is 20.1 Å². The van der Waals surface area contributed by atoms with Crippen LogP contribution in [0.4, 0.5) is 18.9 Å². The average molecular weight is 316 g/mol. The molecule has 0 atom stereocenters. The van der Waals surface area contributed by atoms with E-state index in [0.717, 1.165) is 24.3 Å².